The zero-order chi connectivity index (χ0) is 18.1. The van der Waals surface area contributed by atoms with E-state index in [9.17, 15) is 14.4 Å². The molecule has 1 saturated heterocycles. The molecular formula is C20H18N2O4. The molecule has 26 heavy (non-hydrogen) atoms. The number of carbonyl (C=O) groups excluding carboxylic acids is 3. The number of carbonyl (C=O) groups is 3. The maximum atomic E-state index is 12.8. The van der Waals surface area contributed by atoms with Crippen LogP contribution in [0.2, 0.25) is 0 Å². The first kappa shape index (κ1) is 16.3. The lowest BCUT2D eigenvalue weighted by atomic mass is 9.88. The van der Waals surface area contributed by atoms with Crippen molar-refractivity contribution in [1.82, 2.24) is 9.96 Å². The first-order chi connectivity index (χ1) is 12.6. The molecule has 1 atom stereocenters. The van der Waals surface area contributed by atoms with E-state index in [1.165, 1.54) is 5.56 Å². The van der Waals surface area contributed by atoms with Gasteiger partial charge in [0.15, 0.2) is 0 Å². The summed E-state index contributed by atoms with van der Waals surface area (Å²) in [6.45, 7) is 0.450. The van der Waals surface area contributed by atoms with Gasteiger partial charge in [0.1, 0.15) is 0 Å². The summed E-state index contributed by atoms with van der Waals surface area (Å²) in [5.74, 6) is -0.950. The molecule has 0 radical (unpaired) electrons. The Morgan fingerprint density at radius 1 is 0.885 bits per heavy atom. The maximum absolute atomic E-state index is 12.8. The van der Waals surface area contributed by atoms with Crippen LogP contribution in [0.3, 0.4) is 0 Å². The van der Waals surface area contributed by atoms with Crippen LogP contribution in [0.25, 0.3) is 0 Å². The predicted octanol–water partition coefficient (Wildman–Crippen LogP) is 2.83. The average molecular weight is 350 g/mol. The van der Waals surface area contributed by atoms with Gasteiger partial charge in [0.2, 0.25) is 0 Å². The van der Waals surface area contributed by atoms with Gasteiger partial charge in [0, 0.05) is 19.4 Å². The summed E-state index contributed by atoms with van der Waals surface area (Å²) in [6, 6.07) is 17.3. The molecular weight excluding hydrogens is 332 g/mol. The minimum Gasteiger partial charge on any atom is -0.311 e. The van der Waals surface area contributed by atoms with Crippen LogP contribution in [0.5, 0.6) is 0 Å². The van der Waals surface area contributed by atoms with Gasteiger partial charge in [0.05, 0.1) is 6.04 Å². The second-order valence-electron chi connectivity index (χ2n) is 6.39. The van der Waals surface area contributed by atoms with E-state index in [4.69, 9.17) is 4.84 Å². The molecule has 1 fully saturated rings. The van der Waals surface area contributed by atoms with Gasteiger partial charge in [-0.25, -0.2) is 4.79 Å². The lowest BCUT2D eigenvalue weighted by Gasteiger charge is -2.37. The zero-order valence-corrected chi connectivity index (χ0v) is 14.1. The van der Waals surface area contributed by atoms with E-state index in [1.807, 2.05) is 48.5 Å². The van der Waals surface area contributed by atoms with Crippen LogP contribution in [0.1, 0.15) is 35.6 Å². The number of benzene rings is 2. The van der Waals surface area contributed by atoms with Gasteiger partial charge >= 0.3 is 6.09 Å². The Kier molecular flexibility index (Phi) is 4.16. The van der Waals surface area contributed by atoms with Crippen molar-refractivity contribution >= 4 is 17.9 Å². The normalized spacial score (nSPS) is 19.5. The number of imide groups is 1. The molecule has 2 aliphatic heterocycles. The molecule has 0 N–H and O–H groups in total. The summed E-state index contributed by atoms with van der Waals surface area (Å²) >= 11 is 0. The maximum Gasteiger partial charge on any atom is 0.435 e. The lowest BCUT2D eigenvalue weighted by Crippen LogP contribution is -2.44. The number of rotatable bonds is 2. The molecule has 4 rings (SSSR count). The van der Waals surface area contributed by atoms with Gasteiger partial charge in [-0.2, -0.15) is 0 Å². The third-order valence-electron chi connectivity index (χ3n) is 4.81. The molecule has 6 heteroatoms. The summed E-state index contributed by atoms with van der Waals surface area (Å²) in [5.41, 5.74) is 3.16. The summed E-state index contributed by atoms with van der Waals surface area (Å²) in [5, 5.41) is 0.602. The molecule has 0 spiro atoms. The monoisotopic (exact) mass is 350 g/mol. The minimum atomic E-state index is -0.683. The van der Waals surface area contributed by atoms with E-state index in [0.717, 1.165) is 11.1 Å². The molecule has 0 bridgehead atoms. The molecule has 2 aromatic rings. The van der Waals surface area contributed by atoms with Gasteiger partial charge in [0.25, 0.3) is 11.8 Å². The van der Waals surface area contributed by atoms with Crippen LogP contribution in [0.15, 0.2) is 54.6 Å². The number of fused-ring (bicyclic) bond motifs is 1. The Hall–Kier alpha value is -3.15. The van der Waals surface area contributed by atoms with Crippen LogP contribution < -0.4 is 0 Å². The van der Waals surface area contributed by atoms with Crippen LogP contribution in [0.4, 0.5) is 4.79 Å². The van der Waals surface area contributed by atoms with Crippen molar-refractivity contribution in [2.45, 2.75) is 25.3 Å². The summed E-state index contributed by atoms with van der Waals surface area (Å²) < 4.78 is 0. The van der Waals surface area contributed by atoms with E-state index in [-0.39, 0.29) is 18.9 Å². The summed E-state index contributed by atoms with van der Waals surface area (Å²) in [6.07, 6.45) is 0.168. The number of hydrogen-bond donors (Lipinski definition) is 0. The highest BCUT2D eigenvalue weighted by atomic mass is 16.7. The van der Waals surface area contributed by atoms with Gasteiger partial charge in [-0.1, -0.05) is 54.6 Å². The number of amides is 3. The van der Waals surface area contributed by atoms with Gasteiger partial charge < -0.3 is 4.84 Å². The zero-order valence-electron chi connectivity index (χ0n) is 14.1. The lowest BCUT2D eigenvalue weighted by molar-refractivity contribution is -0.174. The fourth-order valence-electron chi connectivity index (χ4n) is 3.55. The molecule has 2 heterocycles. The predicted molar refractivity (Wildman–Crippen MR) is 92.7 cm³/mol. The van der Waals surface area contributed by atoms with E-state index in [1.54, 1.807) is 4.90 Å². The van der Waals surface area contributed by atoms with E-state index in [2.05, 4.69) is 6.07 Å². The largest absolute Gasteiger partial charge is 0.435 e. The highest BCUT2D eigenvalue weighted by Crippen LogP contribution is 2.35. The van der Waals surface area contributed by atoms with Gasteiger partial charge in [-0.3, -0.25) is 14.5 Å². The summed E-state index contributed by atoms with van der Waals surface area (Å²) in [4.78, 5) is 43.1. The Bertz CT molecular complexity index is 849. The molecule has 132 valence electrons. The molecule has 3 amide bonds. The smallest absolute Gasteiger partial charge is 0.311 e. The van der Waals surface area contributed by atoms with Crippen LogP contribution in [-0.2, 0) is 20.8 Å². The number of nitrogens with zero attached hydrogens (tertiary/aromatic N) is 2. The van der Waals surface area contributed by atoms with Crippen LogP contribution in [-0.4, -0.2) is 34.4 Å². The quantitative estimate of drug-likeness (QED) is 0.781. The highest BCUT2D eigenvalue weighted by Gasteiger charge is 2.38. The first-order valence-corrected chi connectivity index (χ1v) is 8.62. The van der Waals surface area contributed by atoms with Crippen molar-refractivity contribution in [2.75, 3.05) is 6.54 Å². The molecule has 0 unspecified atom stereocenters. The third-order valence-corrected chi connectivity index (χ3v) is 4.81. The highest BCUT2D eigenvalue weighted by molar-refractivity contribution is 6.01. The minimum absolute atomic E-state index is 0.0804. The van der Waals surface area contributed by atoms with Gasteiger partial charge in [-0.15, -0.1) is 5.06 Å². The second-order valence-corrected chi connectivity index (χ2v) is 6.39. The Labute approximate surface area is 150 Å². The molecule has 0 saturated carbocycles. The van der Waals surface area contributed by atoms with Crippen LogP contribution >= 0.6 is 0 Å². The van der Waals surface area contributed by atoms with Crippen molar-refractivity contribution in [1.29, 1.82) is 0 Å². The van der Waals surface area contributed by atoms with Crippen molar-refractivity contribution in [2.24, 2.45) is 0 Å². The van der Waals surface area contributed by atoms with Gasteiger partial charge in [-0.05, 0) is 23.1 Å². The standard InChI is InChI=1S/C20H18N2O4/c23-17-10-11-18(24)22(17)26-20(25)21-13-12-14-6-4-5-9-16(14)19(21)15-7-2-1-3-8-15/h1-9,19H,10-13H2/t19-/m0/s1. The molecule has 6 nitrogen and oxygen atoms in total. The van der Waals surface area contributed by atoms with Crippen molar-refractivity contribution in [3.05, 3.63) is 71.3 Å². The molecule has 2 aliphatic rings. The molecule has 0 aliphatic carbocycles. The molecule has 2 aromatic carbocycles. The van der Waals surface area contributed by atoms with Crippen molar-refractivity contribution < 1.29 is 19.2 Å². The topological polar surface area (TPSA) is 66.9 Å². The second kappa shape index (κ2) is 6.63. The van der Waals surface area contributed by atoms with E-state index < -0.39 is 17.9 Å². The molecule has 0 aromatic heterocycles. The Balaban J connectivity index is 1.67. The Morgan fingerprint density at radius 3 is 2.27 bits per heavy atom. The van der Waals surface area contributed by atoms with Crippen molar-refractivity contribution in [3.8, 4) is 0 Å². The number of hydroxylamine groups is 2. The fourth-order valence-corrected chi connectivity index (χ4v) is 3.55. The Morgan fingerprint density at radius 2 is 1.54 bits per heavy atom. The summed E-state index contributed by atoms with van der Waals surface area (Å²) in [7, 11) is 0. The van der Waals surface area contributed by atoms with E-state index >= 15 is 0 Å². The van der Waals surface area contributed by atoms with Crippen molar-refractivity contribution in [3.63, 3.8) is 0 Å². The number of hydrogen-bond acceptors (Lipinski definition) is 4. The van der Waals surface area contributed by atoms with E-state index in [0.29, 0.717) is 18.0 Å². The fraction of sp³-hybridized carbons (Fsp3) is 0.250. The SMILES string of the molecule is O=C1CCC(=O)N1OC(=O)N1CCc2ccccc2[C@@H]1c1ccccc1. The third kappa shape index (κ3) is 2.83. The van der Waals surface area contributed by atoms with Crippen LogP contribution in [0, 0.1) is 0 Å². The average Bonchev–Trinajstić information content (AvgIpc) is 2.99. The first-order valence-electron chi connectivity index (χ1n) is 8.62.